The highest BCUT2D eigenvalue weighted by Crippen LogP contribution is 2.28. The van der Waals surface area contributed by atoms with Gasteiger partial charge in [-0.3, -0.25) is 9.59 Å². The SMILES string of the molecule is CCC(C(=O)NCCC1CCC1)C(=O)OC. The van der Waals surface area contributed by atoms with Crippen molar-refractivity contribution < 1.29 is 14.3 Å². The first kappa shape index (κ1) is 13.0. The molecule has 1 amide bonds. The summed E-state index contributed by atoms with van der Waals surface area (Å²) in [6.45, 7) is 2.49. The van der Waals surface area contributed by atoms with Crippen molar-refractivity contribution in [2.75, 3.05) is 13.7 Å². The number of ether oxygens (including phenoxy) is 1. The van der Waals surface area contributed by atoms with Crippen LogP contribution in [-0.2, 0) is 14.3 Å². The number of methoxy groups -OCH3 is 1. The van der Waals surface area contributed by atoms with E-state index in [-0.39, 0.29) is 5.91 Å². The Morgan fingerprint density at radius 1 is 1.44 bits per heavy atom. The van der Waals surface area contributed by atoms with Gasteiger partial charge in [-0.15, -0.1) is 0 Å². The number of hydrogen-bond acceptors (Lipinski definition) is 3. The fourth-order valence-corrected chi connectivity index (χ4v) is 1.91. The molecule has 0 saturated heterocycles. The first-order valence-corrected chi connectivity index (χ1v) is 6.04. The molecule has 4 heteroatoms. The topological polar surface area (TPSA) is 55.4 Å². The van der Waals surface area contributed by atoms with Crippen molar-refractivity contribution in [2.45, 2.75) is 39.0 Å². The third kappa shape index (κ3) is 3.51. The molecule has 0 aromatic carbocycles. The van der Waals surface area contributed by atoms with E-state index in [0.717, 1.165) is 12.3 Å². The molecule has 1 unspecified atom stereocenters. The molecule has 0 aromatic heterocycles. The minimum Gasteiger partial charge on any atom is -0.468 e. The predicted molar refractivity (Wildman–Crippen MR) is 60.8 cm³/mol. The van der Waals surface area contributed by atoms with Crippen molar-refractivity contribution in [1.29, 1.82) is 0 Å². The molecule has 16 heavy (non-hydrogen) atoms. The second kappa shape index (κ2) is 6.51. The van der Waals surface area contributed by atoms with Gasteiger partial charge < -0.3 is 10.1 Å². The summed E-state index contributed by atoms with van der Waals surface area (Å²) in [5.74, 6) is -0.512. The molecule has 1 N–H and O–H groups in total. The van der Waals surface area contributed by atoms with E-state index in [9.17, 15) is 9.59 Å². The van der Waals surface area contributed by atoms with Gasteiger partial charge in [-0.25, -0.2) is 0 Å². The summed E-state index contributed by atoms with van der Waals surface area (Å²) in [4.78, 5) is 22.9. The average Bonchev–Trinajstić information content (AvgIpc) is 2.22. The highest BCUT2D eigenvalue weighted by atomic mass is 16.5. The van der Waals surface area contributed by atoms with Crippen LogP contribution in [0.5, 0.6) is 0 Å². The van der Waals surface area contributed by atoms with Crippen molar-refractivity contribution in [3.63, 3.8) is 0 Å². The number of rotatable bonds is 6. The summed E-state index contributed by atoms with van der Waals surface area (Å²) in [7, 11) is 1.31. The van der Waals surface area contributed by atoms with Gasteiger partial charge in [-0.2, -0.15) is 0 Å². The summed E-state index contributed by atoms with van der Waals surface area (Å²) in [6, 6.07) is 0. The lowest BCUT2D eigenvalue weighted by atomic mass is 9.83. The van der Waals surface area contributed by atoms with Crippen molar-refractivity contribution in [1.82, 2.24) is 5.32 Å². The Bertz CT molecular complexity index is 249. The molecule has 1 aliphatic rings. The minimum atomic E-state index is -0.647. The van der Waals surface area contributed by atoms with Crippen molar-refractivity contribution in [3.8, 4) is 0 Å². The Hall–Kier alpha value is -1.06. The zero-order valence-electron chi connectivity index (χ0n) is 10.1. The average molecular weight is 227 g/mol. The third-order valence-electron chi connectivity index (χ3n) is 3.29. The van der Waals surface area contributed by atoms with Crippen LogP contribution in [0.25, 0.3) is 0 Å². The smallest absolute Gasteiger partial charge is 0.318 e. The second-order valence-corrected chi connectivity index (χ2v) is 4.36. The van der Waals surface area contributed by atoms with Gasteiger partial charge in [0, 0.05) is 6.54 Å². The number of esters is 1. The molecule has 1 aliphatic carbocycles. The number of carbonyl (C=O) groups is 2. The summed E-state index contributed by atoms with van der Waals surface area (Å²) in [5.41, 5.74) is 0. The van der Waals surface area contributed by atoms with Gasteiger partial charge in [0.15, 0.2) is 0 Å². The van der Waals surface area contributed by atoms with E-state index in [4.69, 9.17) is 0 Å². The molecule has 0 aliphatic heterocycles. The van der Waals surface area contributed by atoms with E-state index in [2.05, 4.69) is 10.1 Å². The maximum atomic E-state index is 11.7. The molecule has 92 valence electrons. The van der Waals surface area contributed by atoms with Gasteiger partial charge >= 0.3 is 5.97 Å². The van der Waals surface area contributed by atoms with E-state index in [1.165, 1.54) is 26.4 Å². The van der Waals surface area contributed by atoms with E-state index in [1.807, 2.05) is 6.92 Å². The molecular formula is C12H21NO3. The highest BCUT2D eigenvalue weighted by molar-refractivity contribution is 5.97. The first-order valence-electron chi connectivity index (χ1n) is 6.04. The van der Waals surface area contributed by atoms with E-state index in [1.54, 1.807) is 0 Å². The molecule has 0 heterocycles. The lowest BCUT2D eigenvalue weighted by Crippen LogP contribution is -2.37. The van der Waals surface area contributed by atoms with Gasteiger partial charge in [0.2, 0.25) is 5.91 Å². The summed E-state index contributed by atoms with van der Waals surface area (Å²) in [6.07, 6.45) is 5.40. The molecule has 0 bridgehead atoms. The maximum Gasteiger partial charge on any atom is 0.318 e. The van der Waals surface area contributed by atoms with Crippen LogP contribution in [0.15, 0.2) is 0 Å². The Kier molecular flexibility index (Phi) is 5.29. The Labute approximate surface area is 96.7 Å². The lowest BCUT2D eigenvalue weighted by Gasteiger charge is -2.25. The molecule has 0 spiro atoms. The molecule has 1 saturated carbocycles. The standard InChI is InChI=1S/C12H21NO3/c1-3-10(12(15)16-2)11(14)13-8-7-9-5-4-6-9/h9-10H,3-8H2,1-2H3,(H,13,14). The molecule has 1 atom stereocenters. The van der Waals surface area contributed by atoms with Gasteiger partial charge in [-0.1, -0.05) is 26.2 Å². The fraction of sp³-hybridized carbons (Fsp3) is 0.833. The number of carbonyl (C=O) groups excluding carboxylic acids is 2. The number of hydrogen-bond donors (Lipinski definition) is 1. The quantitative estimate of drug-likeness (QED) is 0.552. The van der Waals surface area contributed by atoms with Crippen LogP contribution in [0.4, 0.5) is 0 Å². The van der Waals surface area contributed by atoms with Crippen molar-refractivity contribution in [3.05, 3.63) is 0 Å². The van der Waals surface area contributed by atoms with Crippen LogP contribution >= 0.6 is 0 Å². The molecule has 0 aromatic rings. The zero-order chi connectivity index (χ0) is 12.0. The second-order valence-electron chi connectivity index (χ2n) is 4.36. The van der Waals surface area contributed by atoms with Crippen LogP contribution in [0, 0.1) is 11.8 Å². The van der Waals surface area contributed by atoms with Gasteiger partial charge in [-0.05, 0) is 18.8 Å². The summed E-state index contributed by atoms with van der Waals surface area (Å²) < 4.78 is 4.58. The van der Waals surface area contributed by atoms with Crippen LogP contribution in [0.1, 0.15) is 39.0 Å². The van der Waals surface area contributed by atoms with Gasteiger partial charge in [0.05, 0.1) is 7.11 Å². The molecule has 1 rings (SSSR count). The van der Waals surface area contributed by atoms with Crippen molar-refractivity contribution >= 4 is 11.9 Å². The normalized spacial score (nSPS) is 17.4. The monoisotopic (exact) mass is 227 g/mol. The minimum absolute atomic E-state index is 0.200. The maximum absolute atomic E-state index is 11.7. The molecular weight excluding hydrogens is 206 g/mol. The predicted octanol–water partition coefficient (Wildman–Crippen LogP) is 1.49. The van der Waals surface area contributed by atoms with Gasteiger partial charge in [0.25, 0.3) is 0 Å². The van der Waals surface area contributed by atoms with Gasteiger partial charge in [0.1, 0.15) is 5.92 Å². The third-order valence-corrected chi connectivity index (χ3v) is 3.29. The van der Waals surface area contributed by atoms with Crippen LogP contribution in [-0.4, -0.2) is 25.5 Å². The summed E-state index contributed by atoms with van der Waals surface area (Å²) >= 11 is 0. The Morgan fingerprint density at radius 2 is 2.12 bits per heavy atom. The van der Waals surface area contributed by atoms with Crippen LogP contribution in [0.2, 0.25) is 0 Å². The van der Waals surface area contributed by atoms with E-state index < -0.39 is 11.9 Å². The first-order chi connectivity index (χ1) is 7.69. The van der Waals surface area contributed by atoms with Crippen LogP contribution < -0.4 is 5.32 Å². The Morgan fingerprint density at radius 3 is 2.56 bits per heavy atom. The highest BCUT2D eigenvalue weighted by Gasteiger charge is 2.25. The number of nitrogens with one attached hydrogen (secondary N) is 1. The summed E-state index contributed by atoms with van der Waals surface area (Å²) in [5, 5.41) is 2.81. The van der Waals surface area contributed by atoms with Crippen molar-refractivity contribution in [2.24, 2.45) is 11.8 Å². The molecule has 1 fully saturated rings. The lowest BCUT2D eigenvalue weighted by molar-refractivity contribution is -0.150. The van der Waals surface area contributed by atoms with E-state index >= 15 is 0 Å². The van der Waals surface area contributed by atoms with Crippen LogP contribution in [0.3, 0.4) is 0 Å². The van der Waals surface area contributed by atoms with E-state index in [0.29, 0.717) is 13.0 Å². The fourth-order valence-electron chi connectivity index (χ4n) is 1.91. The zero-order valence-corrected chi connectivity index (χ0v) is 10.1. The molecule has 4 nitrogen and oxygen atoms in total. The Balaban J connectivity index is 2.22. The molecule has 0 radical (unpaired) electrons. The largest absolute Gasteiger partial charge is 0.468 e. The number of amides is 1.